The molecule has 0 spiro atoms. The van der Waals surface area contributed by atoms with Gasteiger partial charge in [-0.25, -0.2) is 4.79 Å². The van der Waals surface area contributed by atoms with Gasteiger partial charge in [0.2, 0.25) is 0 Å². The van der Waals surface area contributed by atoms with Crippen molar-refractivity contribution < 1.29 is 24.2 Å². The first-order chi connectivity index (χ1) is 10.0. The van der Waals surface area contributed by atoms with Gasteiger partial charge in [0.25, 0.3) is 0 Å². The van der Waals surface area contributed by atoms with E-state index in [-0.39, 0.29) is 13.2 Å². The fraction of sp³-hybridized carbons (Fsp3) is 0.429. The molecule has 0 saturated carbocycles. The van der Waals surface area contributed by atoms with Crippen LogP contribution < -0.4 is 20.1 Å². The number of carbonyl (C=O) groups excluding carboxylic acids is 1. The van der Waals surface area contributed by atoms with Gasteiger partial charge < -0.3 is 25.2 Å². The standard InChI is InChI=1S/C14H20N2O5/c1-3-20-11-6-4-5-7-12(11)21-9-8-15-14(19)16-10(2)13(17)18/h4-7,10H,3,8-9H2,1-2H3,(H,17,18)(H2,15,16,19). The number of carboxylic acids is 1. The molecule has 0 aliphatic heterocycles. The van der Waals surface area contributed by atoms with Crippen molar-refractivity contribution in [1.29, 1.82) is 0 Å². The molecule has 1 aromatic carbocycles. The summed E-state index contributed by atoms with van der Waals surface area (Å²) in [5.41, 5.74) is 0. The molecule has 0 fully saturated rings. The van der Waals surface area contributed by atoms with Gasteiger partial charge in [-0.1, -0.05) is 12.1 Å². The van der Waals surface area contributed by atoms with Gasteiger partial charge in [-0.2, -0.15) is 0 Å². The Morgan fingerprint density at radius 1 is 1.24 bits per heavy atom. The second-order valence-corrected chi connectivity index (χ2v) is 4.19. The molecular formula is C14H20N2O5. The van der Waals surface area contributed by atoms with Crippen molar-refractivity contribution in [2.45, 2.75) is 19.9 Å². The van der Waals surface area contributed by atoms with Crippen molar-refractivity contribution in [2.24, 2.45) is 0 Å². The summed E-state index contributed by atoms with van der Waals surface area (Å²) in [7, 11) is 0. The second-order valence-electron chi connectivity index (χ2n) is 4.19. The summed E-state index contributed by atoms with van der Waals surface area (Å²) >= 11 is 0. The Hall–Kier alpha value is -2.44. The average Bonchev–Trinajstić information content (AvgIpc) is 2.45. The van der Waals surface area contributed by atoms with E-state index >= 15 is 0 Å². The zero-order chi connectivity index (χ0) is 15.7. The van der Waals surface area contributed by atoms with Crippen LogP contribution in [-0.2, 0) is 4.79 Å². The highest BCUT2D eigenvalue weighted by atomic mass is 16.5. The zero-order valence-corrected chi connectivity index (χ0v) is 12.1. The highest BCUT2D eigenvalue weighted by Gasteiger charge is 2.13. The zero-order valence-electron chi connectivity index (χ0n) is 12.1. The fourth-order valence-corrected chi connectivity index (χ4v) is 1.48. The Labute approximate surface area is 123 Å². The lowest BCUT2D eigenvalue weighted by Crippen LogP contribution is -2.45. The van der Waals surface area contributed by atoms with Crippen LogP contribution in [0.5, 0.6) is 11.5 Å². The molecule has 0 aliphatic rings. The minimum atomic E-state index is -1.09. The molecule has 116 valence electrons. The first-order valence-electron chi connectivity index (χ1n) is 6.66. The lowest BCUT2D eigenvalue weighted by atomic mass is 10.3. The number of carbonyl (C=O) groups is 2. The number of para-hydroxylation sites is 2. The van der Waals surface area contributed by atoms with E-state index in [9.17, 15) is 9.59 Å². The molecule has 1 rings (SSSR count). The molecule has 0 bridgehead atoms. The average molecular weight is 296 g/mol. The largest absolute Gasteiger partial charge is 0.490 e. The van der Waals surface area contributed by atoms with Crippen LogP contribution in [0.15, 0.2) is 24.3 Å². The normalized spacial score (nSPS) is 11.3. The lowest BCUT2D eigenvalue weighted by molar-refractivity contribution is -0.138. The van der Waals surface area contributed by atoms with Gasteiger partial charge >= 0.3 is 12.0 Å². The van der Waals surface area contributed by atoms with E-state index in [1.807, 2.05) is 19.1 Å². The number of amides is 2. The van der Waals surface area contributed by atoms with Crippen LogP contribution in [0.4, 0.5) is 4.79 Å². The van der Waals surface area contributed by atoms with Crippen LogP contribution in [0.3, 0.4) is 0 Å². The topological polar surface area (TPSA) is 96.9 Å². The van der Waals surface area contributed by atoms with Crippen molar-refractivity contribution in [2.75, 3.05) is 19.8 Å². The van der Waals surface area contributed by atoms with E-state index in [0.29, 0.717) is 18.1 Å². The van der Waals surface area contributed by atoms with E-state index in [1.54, 1.807) is 12.1 Å². The summed E-state index contributed by atoms with van der Waals surface area (Å²) in [5.74, 6) is 0.149. The smallest absolute Gasteiger partial charge is 0.325 e. The Morgan fingerprint density at radius 3 is 2.43 bits per heavy atom. The lowest BCUT2D eigenvalue weighted by Gasteiger charge is -2.13. The molecule has 2 amide bonds. The number of benzene rings is 1. The third-order valence-electron chi connectivity index (χ3n) is 2.51. The van der Waals surface area contributed by atoms with Crippen molar-refractivity contribution in [3.63, 3.8) is 0 Å². The quantitative estimate of drug-likeness (QED) is 0.627. The third kappa shape index (κ3) is 6.03. The number of hydrogen-bond acceptors (Lipinski definition) is 4. The molecule has 0 heterocycles. The molecule has 0 radical (unpaired) electrons. The Morgan fingerprint density at radius 2 is 1.86 bits per heavy atom. The molecule has 0 aromatic heterocycles. The van der Waals surface area contributed by atoms with Crippen LogP contribution >= 0.6 is 0 Å². The van der Waals surface area contributed by atoms with E-state index < -0.39 is 18.0 Å². The van der Waals surface area contributed by atoms with E-state index in [0.717, 1.165) is 0 Å². The molecule has 1 unspecified atom stereocenters. The van der Waals surface area contributed by atoms with Crippen LogP contribution in [0.25, 0.3) is 0 Å². The first-order valence-corrected chi connectivity index (χ1v) is 6.66. The Kier molecular flexibility index (Phi) is 6.86. The van der Waals surface area contributed by atoms with Crippen molar-refractivity contribution >= 4 is 12.0 Å². The second kappa shape index (κ2) is 8.68. The van der Waals surface area contributed by atoms with Gasteiger partial charge in [0, 0.05) is 0 Å². The number of hydrogen-bond donors (Lipinski definition) is 3. The fourth-order valence-electron chi connectivity index (χ4n) is 1.48. The summed E-state index contributed by atoms with van der Waals surface area (Å²) in [6.45, 7) is 4.30. The van der Waals surface area contributed by atoms with Crippen molar-refractivity contribution in [1.82, 2.24) is 10.6 Å². The van der Waals surface area contributed by atoms with Gasteiger partial charge in [-0.3, -0.25) is 4.79 Å². The van der Waals surface area contributed by atoms with Gasteiger partial charge in [-0.15, -0.1) is 0 Å². The summed E-state index contributed by atoms with van der Waals surface area (Å²) in [6.07, 6.45) is 0. The Balaban J connectivity index is 2.31. The highest BCUT2D eigenvalue weighted by Crippen LogP contribution is 2.25. The van der Waals surface area contributed by atoms with E-state index in [1.165, 1.54) is 6.92 Å². The monoisotopic (exact) mass is 296 g/mol. The van der Waals surface area contributed by atoms with E-state index in [4.69, 9.17) is 14.6 Å². The predicted octanol–water partition coefficient (Wildman–Crippen LogP) is 1.24. The summed E-state index contributed by atoms with van der Waals surface area (Å²) in [5, 5.41) is 13.4. The van der Waals surface area contributed by atoms with Crippen LogP contribution in [0, 0.1) is 0 Å². The molecule has 1 aromatic rings. The maximum Gasteiger partial charge on any atom is 0.325 e. The van der Waals surface area contributed by atoms with Crippen LogP contribution in [0.1, 0.15) is 13.8 Å². The van der Waals surface area contributed by atoms with E-state index in [2.05, 4.69) is 10.6 Å². The summed E-state index contributed by atoms with van der Waals surface area (Å²) in [4.78, 5) is 21.9. The SMILES string of the molecule is CCOc1ccccc1OCCNC(=O)NC(C)C(=O)O. The van der Waals surface area contributed by atoms with Crippen LogP contribution in [-0.4, -0.2) is 42.9 Å². The van der Waals surface area contributed by atoms with Crippen molar-refractivity contribution in [3.05, 3.63) is 24.3 Å². The highest BCUT2D eigenvalue weighted by molar-refractivity contribution is 5.82. The Bertz CT molecular complexity index is 478. The maximum atomic E-state index is 11.4. The molecule has 1 atom stereocenters. The maximum absolute atomic E-state index is 11.4. The van der Waals surface area contributed by atoms with Crippen LogP contribution in [0.2, 0.25) is 0 Å². The molecule has 7 nitrogen and oxygen atoms in total. The number of carboxylic acid groups (broad SMARTS) is 1. The molecule has 0 saturated heterocycles. The van der Waals surface area contributed by atoms with Gasteiger partial charge in [0.1, 0.15) is 12.6 Å². The molecule has 7 heteroatoms. The van der Waals surface area contributed by atoms with Gasteiger partial charge in [-0.05, 0) is 26.0 Å². The minimum Gasteiger partial charge on any atom is -0.490 e. The van der Waals surface area contributed by atoms with Gasteiger partial charge in [0.15, 0.2) is 11.5 Å². The summed E-state index contributed by atoms with van der Waals surface area (Å²) < 4.78 is 10.9. The predicted molar refractivity (Wildman–Crippen MR) is 76.7 cm³/mol. The summed E-state index contributed by atoms with van der Waals surface area (Å²) in [6, 6.07) is 5.75. The number of aliphatic carboxylic acids is 1. The number of nitrogens with one attached hydrogen (secondary N) is 2. The number of ether oxygens (including phenoxy) is 2. The molecule has 21 heavy (non-hydrogen) atoms. The number of urea groups is 1. The third-order valence-corrected chi connectivity index (χ3v) is 2.51. The number of rotatable bonds is 8. The molecule has 3 N–H and O–H groups in total. The van der Waals surface area contributed by atoms with Crippen molar-refractivity contribution in [3.8, 4) is 11.5 Å². The minimum absolute atomic E-state index is 0.249. The molecular weight excluding hydrogens is 276 g/mol. The first kappa shape index (κ1) is 16.6. The molecule has 0 aliphatic carbocycles. The van der Waals surface area contributed by atoms with Gasteiger partial charge in [0.05, 0.1) is 13.2 Å².